The zero-order valence-corrected chi connectivity index (χ0v) is 21.1. The van der Waals surface area contributed by atoms with Crippen molar-refractivity contribution in [1.29, 1.82) is 0 Å². The minimum atomic E-state index is -4.43. The monoisotopic (exact) mass is 526 g/mol. The third kappa shape index (κ3) is 6.51. The zero-order valence-electron chi connectivity index (χ0n) is 20.2. The molecule has 192 valence electrons. The van der Waals surface area contributed by atoms with Gasteiger partial charge in [-0.05, 0) is 54.4 Å². The summed E-state index contributed by atoms with van der Waals surface area (Å²) >= 11 is 1.50. The highest BCUT2D eigenvalue weighted by molar-refractivity contribution is 7.98. The normalized spacial score (nSPS) is 11.4. The van der Waals surface area contributed by atoms with Crippen LogP contribution in [-0.4, -0.2) is 27.8 Å². The van der Waals surface area contributed by atoms with Crippen LogP contribution >= 0.6 is 11.8 Å². The molecule has 0 aliphatic heterocycles. The van der Waals surface area contributed by atoms with Gasteiger partial charge in [-0.15, -0.1) is 10.2 Å². The molecule has 0 aliphatic carbocycles. The molecule has 0 spiro atoms. The lowest BCUT2D eigenvalue weighted by atomic mass is 10.1. The second-order valence-electron chi connectivity index (χ2n) is 8.15. The van der Waals surface area contributed by atoms with Crippen molar-refractivity contribution in [2.24, 2.45) is 0 Å². The fourth-order valence-corrected chi connectivity index (χ4v) is 4.69. The maximum atomic E-state index is 12.9. The van der Waals surface area contributed by atoms with Crippen LogP contribution < -0.4 is 10.1 Å². The number of hydrogen-bond donors (Lipinski definition) is 1. The van der Waals surface area contributed by atoms with Crippen molar-refractivity contribution >= 4 is 17.7 Å². The maximum absolute atomic E-state index is 12.9. The third-order valence-electron chi connectivity index (χ3n) is 5.63. The van der Waals surface area contributed by atoms with Crippen molar-refractivity contribution in [2.45, 2.75) is 37.1 Å². The highest BCUT2D eigenvalue weighted by Crippen LogP contribution is 2.30. The second kappa shape index (κ2) is 11.5. The molecule has 0 saturated heterocycles. The van der Waals surface area contributed by atoms with Crippen molar-refractivity contribution in [1.82, 2.24) is 20.1 Å². The molecule has 1 N–H and O–H groups in total. The van der Waals surface area contributed by atoms with Crippen molar-refractivity contribution in [3.8, 4) is 17.1 Å². The Labute approximate surface area is 216 Å². The number of hydrogen-bond acceptors (Lipinski definition) is 5. The quantitative estimate of drug-likeness (QED) is 0.263. The number of nitrogens with zero attached hydrogens (tertiary/aromatic N) is 3. The zero-order chi connectivity index (χ0) is 26.4. The molecule has 4 rings (SSSR count). The summed E-state index contributed by atoms with van der Waals surface area (Å²) in [7, 11) is 1.62. The molecule has 4 aromatic rings. The Morgan fingerprint density at radius 1 is 1.00 bits per heavy atom. The lowest BCUT2D eigenvalue weighted by Crippen LogP contribution is -2.23. The van der Waals surface area contributed by atoms with Gasteiger partial charge in [-0.3, -0.25) is 4.79 Å². The molecular weight excluding hydrogens is 501 g/mol. The Morgan fingerprint density at radius 2 is 1.76 bits per heavy atom. The Balaban J connectivity index is 1.41. The molecule has 0 saturated carbocycles. The van der Waals surface area contributed by atoms with E-state index in [4.69, 9.17) is 4.74 Å². The molecule has 1 aromatic heterocycles. The molecule has 0 radical (unpaired) electrons. The van der Waals surface area contributed by atoms with Crippen LogP contribution in [0, 0.1) is 0 Å². The molecule has 3 aromatic carbocycles. The highest BCUT2D eigenvalue weighted by atomic mass is 32.2. The Bertz CT molecular complexity index is 1390. The lowest BCUT2D eigenvalue weighted by Gasteiger charge is -2.10. The second-order valence-corrected chi connectivity index (χ2v) is 9.09. The standard InChI is InChI=1S/C27H25F3N4O2S/c1-3-34-24(20-9-6-12-23(15-20)36-2)32-33-26(34)37-17-19-8-4-10-21(13-19)25(35)31-16-18-7-5-11-22(14-18)27(28,29)30/h4-15H,3,16-17H2,1-2H3,(H,31,35). The van der Waals surface area contributed by atoms with Crippen LogP contribution in [0.1, 0.15) is 34.0 Å². The number of carbonyl (C=O) groups is 1. The number of ether oxygens (including phenoxy) is 1. The van der Waals surface area contributed by atoms with Gasteiger partial charge in [0.2, 0.25) is 0 Å². The minimum Gasteiger partial charge on any atom is -0.497 e. The number of carbonyl (C=O) groups excluding carboxylic acids is 1. The van der Waals surface area contributed by atoms with Crippen LogP contribution in [0.3, 0.4) is 0 Å². The van der Waals surface area contributed by atoms with Crippen molar-refractivity contribution in [2.75, 3.05) is 7.11 Å². The van der Waals surface area contributed by atoms with E-state index in [-0.39, 0.29) is 12.5 Å². The first-order valence-corrected chi connectivity index (χ1v) is 12.5. The number of amides is 1. The lowest BCUT2D eigenvalue weighted by molar-refractivity contribution is -0.137. The molecule has 0 aliphatic rings. The number of rotatable bonds is 9. The summed E-state index contributed by atoms with van der Waals surface area (Å²) in [5.74, 6) is 1.68. The summed E-state index contributed by atoms with van der Waals surface area (Å²) in [4.78, 5) is 12.7. The summed E-state index contributed by atoms with van der Waals surface area (Å²) in [5, 5.41) is 12.2. The predicted molar refractivity (Wildman–Crippen MR) is 136 cm³/mol. The number of methoxy groups -OCH3 is 1. The molecule has 1 heterocycles. The van der Waals surface area contributed by atoms with Gasteiger partial charge in [-0.1, -0.05) is 48.2 Å². The molecule has 0 fully saturated rings. The fraction of sp³-hybridized carbons (Fsp3) is 0.222. The van der Waals surface area contributed by atoms with Gasteiger partial charge in [0, 0.05) is 30.0 Å². The van der Waals surface area contributed by atoms with Gasteiger partial charge in [0.15, 0.2) is 11.0 Å². The van der Waals surface area contributed by atoms with Gasteiger partial charge in [0.1, 0.15) is 5.75 Å². The first kappa shape index (κ1) is 26.3. The van der Waals surface area contributed by atoms with E-state index < -0.39 is 11.7 Å². The van der Waals surface area contributed by atoms with Gasteiger partial charge in [0.25, 0.3) is 5.91 Å². The molecule has 6 nitrogen and oxygen atoms in total. The Hall–Kier alpha value is -3.79. The summed E-state index contributed by atoms with van der Waals surface area (Å²) in [5.41, 5.74) is 1.87. The number of thioether (sulfide) groups is 1. The van der Waals surface area contributed by atoms with Gasteiger partial charge >= 0.3 is 6.18 Å². The molecule has 37 heavy (non-hydrogen) atoms. The van der Waals surface area contributed by atoms with Crippen molar-refractivity contribution in [3.05, 3.63) is 95.1 Å². The number of benzene rings is 3. The molecule has 10 heteroatoms. The minimum absolute atomic E-state index is 0.00557. The Kier molecular flexibility index (Phi) is 8.17. The number of aromatic nitrogens is 3. The van der Waals surface area contributed by atoms with E-state index in [1.807, 2.05) is 41.8 Å². The third-order valence-corrected chi connectivity index (χ3v) is 6.66. The van der Waals surface area contributed by atoms with Crippen LogP contribution in [0.2, 0.25) is 0 Å². The first-order chi connectivity index (χ1) is 17.8. The summed E-state index contributed by atoms with van der Waals surface area (Å²) in [6.07, 6.45) is -4.43. The van der Waals surface area contributed by atoms with E-state index in [9.17, 15) is 18.0 Å². The van der Waals surface area contributed by atoms with Crippen LogP contribution in [-0.2, 0) is 25.0 Å². The molecule has 0 unspecified atom stereocenters. The van der Waals surface area contributed by atoms with Gasteiger partial charge in [-0.2, -0.15) is 13.2 Å². The van der Waals surface area contributed by atoms with Crippen LogP contribution in [0.15, 0.2) is 78.0 Å². The van der Waals surface area contributed by atoms with E-state index in [0.717, 1.165) is 40.0 Å². The van der Waals surface area contributed by atoms with E-state index in [2.05, 4.69) is 15.5 Å². The maximum Gasteiger partial charge on any atom is 0.416 e. The van der Waals surface area contributed by atoms with Gasteiger partial charge in [-0.25, -0.2) is 0 Å². The SMILES string of the molecule is CCn1c(SCc2cccc(C(=O)NCc3cccc(C(F)(F)F)c3)c2)nnc1-c1cccc(OC)c1. The van der Waals surface area contributed by atoms with Gasteiger partial charge in [0.05, 0.1) is 12.7 Å². The fourth-order valence-electron chi connectivity index (χ4n) is 3.75. The number of nitrogens with one attached hydrogen (secondary N) is 1. The van der Waals surface area contributed by atoms with E-state index in [1.165, 1.54) is 17.8 Å². The molecule has 0 bridgehead atoms. The number of halogens is 3. The largest absolute Gasteiger partial charge is 0.497 e. The van der Waals surface area contributed by atoms with E-state index in [0.29, 0.717) is 23.4 Å². The number of alkyl halides is 3. The van der Waals surface area contributed by atoms with E-state index >= 15 is 0 Å². The summed E-state index contributed by atoms with van der Waals surface area (Å²) in [6.45, 7) is 2.70. The molecular formula is C27H25F3N4O2S. The highest BCUT2D eigenvalue weighted by Gasteiger charge is 2.30. The van der Waals surface area contributed by atoms with Gasteiger partial charge < -0.3 is 14.6 Å². The topological polar surface area (TPSA) is 69.0 Å². The predicted octanol–water partition coefficient (Wildman–Crippen LogP) is 6.21. The van der Waals surface area contributed by atoms with Crippen molar-refractivity contribution in [3.63, 3.8) is 0 Å². The van der Waals surface area contributed by atoms with Crippen LogP contribution in [0.25, 0.3) is 11.4 Å². The summed E-state index contributed by atoms with van der Waals surface area (Å²) in [6, 6.07) is 19.7. The molecule has 1 amide bonds. The van der Waals surface area contributed by atoms with Crippen molar-refractivity contribution < 1.29 is 22.7 Å². The Morgan fingerprint density at radius 3 is 2.51 bits per heavy atom. The van der Waals surface area contributed by atoms with Crippen LogP contribution in [0.4, 0.5) is 13.2 Å². The average Bonchev–Trinajstić information content (AvgIpc) is 3.33. The van der Waals surface area contributed by atoms with Crippen LogP contribution in [0.5, 0.6) is 5.75 Å². The average molecular weight is 527 g/mol. The smallest absolute Gasteiger partial charge is 0.416 e. The van der Waals surface area contributed by atoms with E-state index in [1.54, 1.807) is 31.4 Å². The first-order valence-electron chi connectivity index (χ1n) is 11.5. The summed E-state index contributed by atoms with van der Waals surface area (Å²) < 4.78 is 46.1. The molecule has 0 atom stereocenters.